The Morgan fingerprint density at radius 1 is 1.25 bits per heavy atom. The van der Waals surface area contributed by atoms with Crippen molar-refractivity contribution in [2.75, 3.05) is 24.7 Å². The Balaban J connectivity index is 1.78. The minimum absolute atomic E-state index is 0.0659. The van der Waals surface area contributed by atoms with Crippen LogP contribution in [0.25, 0.3) is 0 Å². The van der Waals surface area contributed by atoms with Gasteiger partial charge in [-0.15, -0.1) is 11.8 Å². The summed E-state index contributed by atoms with van der Waals surface area (Å²) >= 11 is 1.81. The highest BCUT2D eigenvalue weighted by molar-refractivity contribution is 7.99. The molecule has 0 radical (unpaired) electrons. The molecule has 2 aromatic rings. The van der Waals surface area contributed by atoms with Crippen LogP contribution in [0.5, 0.6) is 5.75 Å². The van der Waals surface area contributed by atoms with E-state index < -0.39 is 0 Å². The first kappa shape index (κ1) is 16.7. The molecule has 2 amide bonds. The summed E-state index contributed by atoms with van der Waals surface area (Å²) in [6.07, 6.45) is 0. The Kier molecular flexibility index (Phi) is 5.00. The number of ether oxygens (including phenoxy) is 1. The SMILES string of the molecule is COc1cccc(NC(=O)N2CCSC2c2ccc(C)cc2C)c1. The third kappa shape index (κ3) is 3.51. The molecule has 1 N–H and O–H groups in total. The quantitative estimate of drug-likeness (QED) is 0.887. The maximum absolute atomic E-state index is 12.7. The van der Waals surface area contributed by atoms with E-state index in [1.165, 1.54) is 16.7 Å². The average molecular weight is 342 g/mol. The van der Waals surface area contributed by atoms with Crippen LogP contribution in [0.4, 0.5) is 10.5 Å². The summed E-state index contributed by atoms with van der Waals surface area (Å²) in [5.74, 6) is 1.68. The Morgan fingerprint density at radius 3 is 2.83 bits per heavy atom. The standard InChI is InChI=1S/C19H22N2O2S/c1-13-7-8-17(14(2)11-13)18-21(9-10-24-18)19(22)20-15-5-4-6-16(12-15)23-3/h4-8,11-12,18H,9-10H2,1-3H3,(H,20,22). The van der Waals surface area contributed by atoms with Crippen LogP contribution in [0, 0.1) is 13.8 Å². The molecular weight excluding hydrogens is 320 g/mol. The van der Waals surface area contributed by atoms with Crippen LogP contribution in [0.2, 0.25) is 0 Å². The molecule has 126 valence electrons. The van der Waals surface area contributed by atoms with E-state index in [9.17, 15) is 4.79 Å². The number of thioether (sulfide) groups is 1. The van der Waals surface area contributed by atoms with Gasteiger partial charge in [0, 0.05) is 24.1 Å². The largest absolute Gasteiger partial charge is 0.497 e. The number of nitrogens with one attached hydrogen (secondary N) is 1. The van der Waals surface area contributed by atoms with E-state index in [-0.39, 0.29) is 11.4 Å². The molecule has 1 fully saturated rings. The molecule has 0 saturated carbocycles. The first-order valence-electron chi connectivity index (χ1n) is 7.99. The summed E-state index contributed by atoms with van der Waals surface area (Å²) in [6.45, 7) is 4.95. The van der Waals surface area contributed by atoms with Crippen molar-refractivity contribution in [2.24, 2.45) is 0 Å². The first-order valence-corrected chi connectivity index (χ1v) is 9.04. The fourth-order valence-corrected chi connectivity index (χ4v) is 4.28. The molecule has 0 aromatic heterocycles. The molecule has 1 aliphatic rings. The monoisotopic (exact) mass is 342 g/mol. The van der Waals surface area contributed by atoms with Crippen LogP contribution in [0.1, 0.15) is 22.1 Å². The number of carbonyl (C=O) groups is 1. The summed E-state index contributed by atoms with van der Waals surface area (Å²) in [4.78, 5) is 14.6. The molecule has 0 bridgehead atoms. The van der Waals surface area contributed by atoms with Gasteiger partial charge in [0.1, 0.15) is 11.1 Å². The number of carbonyl (C=O) groups excluding carboxylic acids is 1. The molecule has 24 heavy (non-hydrogen) atoms. The van der Waals surface area contributed by atoms with E-state index in [0.29, 0.717) is 0 Å². The molecule has 1 heterocycles. The molecule has 5 heteroatoms. The van der Waals surface area contributed by atoms with Crippen LogP contribution in [-0.4, -0.2) is 30.3 Å². The van der Waals surface area contributed by atoms with E-state index >= 15 is 0 Å². The Morgan fingerprint density at radius 2 is 2.08 bits per heavy atom. The van der Waals surface area contributed by atoms with E-state index in [2.05, 4.69) is 37.4 Å². The number of urea groups is 1. The van der Waals surface area contributed by atoms with Crippen LogP contribution in [0.15, 0.2) is 42.5 Å². The van der Waals surface area contributed by atoms with Crippen LogP contribution in [0.3, 0.4) is 0 Å². The van der Waals surface area contributed by atoms with Crippen molar-refractivity contribution in [3.05, 3.63) is 59.2 Å². The van der Waals surface area contributed by atoms with Gasteiger partial charge in [0.05, 0.1) is 7.11 Å². The fourth-order valence-electron chi connectivity index (χ4n) is 2.93. The van der Waals surface area contributed by atoms with Crippen LogP contribution >= 0.6 is 11.8 Å². The molecule has 0 spiro atoms. The molecule has 1 atom stereocenters. The predicted octanol–water partition coefficient (Wildman–Crippen LogP) is 4.59. The summed E-state index contributed by atoms with van der Waals surface area (Å²) in [5, 5.41) is 3.05. The van der Waals surface area contributed by atoms with Crippen LogP contribution in [-0.2, 0) is 0 Å². The maximum atomic E-state index is 12.7. The van der Waals surface area contributed by atoms with Gasteiger partial charge in [0.25, 0.3) is 0 Å². The van der Waals surface area contributed by atoms with Crippen molar-refractivity contribution in [1.82, 2.24) is 4.90 Å². The predicted molar refractivity (Wildman–Crippen MR) is 99.8 cm³/mol. The number of anilines is 1. The smallest absolute Gasteiger partial charge is 0.323 e. The molecule has 2 aromatic carbocycles. The summed E-state index contributed by atoms with van der Waals surface area (Å²) in [7, 11) is 1.62. The molecule has 1 saturated heterocycles. The van der Waals surface area contributed by atoms with Gasteiger partial charge in [-0.3, -0.25) is 0 Å². The highest BCUT2D eigenvalue weighted by atomic mass is 32.2. The molecule has 3 rings (SSSR count). The molecule has 1 unspecified atom stereocenters. The van der Waals surface area contributed by atoms with Gasteiger partial charge in [-0.1, -0.05) is 29.8 Å². The van der Waals surface area contributed by atoms with Crippen molar-refractivity contribution in [3.63, 3.8) is 0 Å². The van der Waals surface area contributed by atoms with E-state index in [1.807, 2.05) is 40.9 Å². The zero-order chi connectivity index (χ0) is 17.1. The Hall–Kier alpha value is -2.14. The highest BCUT2D eigenvalue weighted by Crippen LogP contribution is 2.39. The minimum Gasteiger partial charge on any atom is -0.497 e. The van der Waals surface area contributed by atoms with E-state index in [0.717, 1.165) is 23.7 Å². The normalized spacial score (nSPS) is 17.0. The number of hydrogen-bond acceptors (Lipinski definition) is 3. The number of methoxy groups -OCH3 is 1. The van der Waals surface area contributed by atoms with Gasteiger partial charge < -0.3 is 15.0 Å². The summed E-state index contributed by atoms with van der Waals surface area (Å²) in [5.41, 5.74) is 4.43. The third-order valence-electron chi connectivity index (χ3n) is 4.16. The van der Waals surface area contributed by atoms with Gasteiger partial charge >= 0.3 is 6.03 Å². The van der Waals surface area contributed by atoms with Crippen LogP contribution < -0.4 is 10.1 Å². The van der Waals surface area contributed by atoms with Crippen molar-refractivity contribution >= 4 is 23.5 Å². The number of hydrogen-bond donors (Lipinski definition) is 1. The highest BCUT2D eigenvalue weighted by Gasteiger charge is 2.31. The Labute approximate surface area is 147 Å². The lowest BCUT2D eigenvalue weighted by atomic mass is 10.1. The fraction of sp³-hybridized carbons (Fsp3) is 0.316. The number of benzene rings is 2. The summed E-state index contributed by atoms with van der Waals surface area (Å²) < 4.78 is 5.21. The first-order chi connectivity index (χ1) is 11.6. The topological polar surface area (TPSA) is 41.6 Å². The minimum atomic E-state index is -0.0711. The van der Waals surface area contributed by atoms with E-state index in [1.54, 1.807) is 7.11 Å². The Bertz CT molecular complexity index is 748. The molecule has 0 aliphatic carbocycles. The summed E-state index contributed by atoms with van der Waals surface area (Å²) in [6, 6.07) is 13.8. The molecular formula is C19H22N2O2S. The van der Waals surface area contributed by atoms with Gasteiger partial charge in [-0.05, 0) is 37.1 Å². The number of rotatable bonds is 3. The van der Waals surface area contributed by atoms with Crippen molar-refractivity contribution < 1.29 is 9.53 Å². The third-order valence-corrected chi connectivity index (χ3v) is 5.41. The zero-order valence-corrected chi connectivity index (χ0v) is 15.0. The molecule has 1 aliphatic heterocycles. The number of nitrogens with zero attached hydrogens (tertiary/aromatic N) is 1. The number of aryl methyl sites for hydroxylation is 2. The van der Waals surface area contributed by atoms with Crippen molar-refractivity contribution in [1.29, 1.82) is 0 Å². The zero-order valence-electron chi connectivity index (χ0n) is 14.2. The molecule has 4 nitrogen and oxygen atoms in total. The average Bonchev–Trinajstić information content (AvgIpc) is 3.04. The maximum Gasteiger partial charge on any atom is 0.323 e. The van der Waals surface area contributed by atoms with Gasteiger partial charge in [-0.25, -0.2) is 4.79 Å². The lowest BCUT2D eigenvalue weighted by molar-refractivity contribution is 0.214. The lowest BCUT2D eigenvalue weighted by Gasteiger charge is -2.26. The van der Waals surface area contributed by atoms with Gasteiger partial charge in [0.2, 0.25) is 0 Å². The lowest BCUT2D eigenvalue weighted by Crippen LogP contribution is -2.34. The second-order valence-electron chi connectivity index (χ2n) is 5.94. The second kappa shape index (κ2) is 7.18. The van der Waals surface area contributed by atoms with Gasteiger partial charge in [-0.2, -0.15) is 0 Å². The van der Waals surface area contributed by atoms with E-state index in [4.69, 9.17) is 4.74 Å². The van der Waals surface area contributed by atoms with Crippen molar-refractivity contribution in [3.8, 4) is 5.75 Å². The van der Waals surface area contributed by atoms with Crippen molar-refractivity contribution in [2.45, 2.75) is 19.2 Å². The van der Waals surface area contributed by atoms with Gasteiger partial charge in [0.15, 0.2) is 0 Å². The second-order valence-corrected chi connectivity index (χ2v) is 7.13. The number of amides is 2.